The molecule has 21 heavy (non-hydrogen) atoms. The molecule has 3 heteroatoms. The minimum Gasteiger partial charge on any atom is -0.391 e. The van der Waals surface area contributed by atoms with E-state index in [1.54, 1.807) is 0 Å². The lowest BCUT2D eigenvalue weighted by molar-refractivity contribution is 0.0253. The normalized spacial score (nSPS) is 24.3. The minimum atomic E-state index is -0.424. The number of likely N-dealkylation sites (N-methyl/N-ethyl adjacent to an activating group) is 1. The highest BCUT2D eigenvalue weighted by molar-refractivity contribution is 5.29. The van der Waals surface area contributed by atoms with Crippen LogP contribution in [0.1, 0.15) is 54.9 Å². The summed E-state index contributed by atoms with van der Waals surface area (Å²) in [4.78, 5) is 2.22. The molecule has 0 bridgehead atoms. The maximum atomic E-state index is 10.4. The molecule has 0 amide bonds. The molecule has 3 atom stereocenters. The van der Waals surface area contributed by atoms with Crippen LogP contribution in [0.4, 0.5) is 0 Å². The fraction of sp³-hybridized carbons (Fsp3) is 0.667. The summed E-state index contributed by atoms with van der Waals surface area (Å²) >= 11 is 0. The summed E-state index contributed by atoms with van der Waals surface area (Å²) in [5, 5.41) is 20.5. The number of benzene rings is 1. The average Bonchev–Trinajstić information content (AvgIpc) is 2.43. The first-order valence-corrected chi connectivity index (χ1v) is 8.12. The first-order valence-electron chi connectivity index (χ1n) is 8.12. The molecule has 1 aromatic carbocycles. The monoisotopic (exact) mass is 291 g/mol. The molecule has 0 spiro atoms. The lowest BCUT2D eigenvalue weighted by atomic mass is 9.91. The molecule has 2 rings (SSSR count). The zero-order valence-electron chi connectivity index (χ0n) is 13.5. The number of hydrogen-bond acceptors (Lipinski definition) is 3. The van der Waals surface area contributed by atoms with Gasteiger partial charge in [-0.15, -0.1) is 0 Å². The Balaban J connectivity index is 1.89. The Labute approximate surface area is 128 Å². The molecule has 3 unspecified atom stereocenters. The molecule has 118 valence electrons. The van der Waals surface area contributed by atoms with Crippen LogP contribution in [0.25, 0.3) is 0 Å². The molecule has 1 aliphatic rings. The van der Waals surface area contributed by atoms with Crippen LogP contribution in [-0.4, -0.2) is 40.9 Å². The summed E-state index contributed by atoms with van der Waals surface area (Å²) in [6.45, 7) is 4.94. The summed E-state index contributed by atoms with van der Waals surface area (Å²) in [5.41, 5.74) is 3.39. The summed E-state index contributed by atoms with van der Waals surface area (Å²) in [6.07, 6.45) is 4.39. The summed E-state index contributed by atoms with van der Waals surface area (Å²) < 4.78 is 0. The fourth-order valence-electron chi connectivity index (χ4n) is 3.47. The smallest absolute Gasteiger partial charge is 0.0802 e. The van der Waals surface area contributed by atoms with E-state index in [-0.39, 0.29) is 12.1 Å². The minimum absolute atomic E-state index is 0.206. The van der Waals surface area contributed by atoms with E-state index in [2.05, 4.69) is 44.0 Å². The van der Waals surface area contributed by atoms with E-state index in [9.17, 15) is 10.2 Å². The van der Waals surface area contributed by atoms with E-state index in [1.165, 1.54) is 17.5 Å². The van der Waals surface area contributed by atoms with Gasteiger partial charge in [0.1, 0.15) is 0 Å². The van der Waals surface area contributed by atoms with Crippen LogP contribution in [0.5, 0.6) is 0 Å². The number of nitrogens with zero attached hydrogens (tertiary/aromatic N) is 1. The van der Waals surface area contributed by atoms with E-state index in [4.69, 9.17) is 0 Å². The second kappa shape index (κ2) is 7.39. The highest BCUT2D eigenvalue weighted by Gasteiger charge is 2.26. The Hall–Kier alpha value is -0.900. The molecule has 1 aromatic rings. The summed E-state index contributed by atoms with van der Waals surface area (Å²) in [7, 11) is 2.06. The predicted molar refractivity (Wildman–Crippen MR) is 86.4 cm³/mol. The van der Waals surface area contributed by atoms with Gasteiger partial charge in [-0.25, -0.2) is 0 Å². The van der Waals surface area contributed by atoms with Crippen molar-refractivity contribution in [3.05, 3.63) is 34.9 Å². The third-order valence-corrected chi connectivity index (χ3v) is 4.64. The van der Waals surface area contributed by atoms with Crippen LogP contribution in [0.3, 0.4) is 0 Å². The quantitative estimate of drug-likeness (QED) is 0.876. The summed E-state index contributed by atoms with van der Waals surface area (Å²) in [6, 6.07) is 6.51. The van der Waals surface area contributed by atoms with Crippen LogP contribution in [0.15, 0.2) is 18.2 Å². The van der Waals surface area contributed by atoms with Crippen LogP contribution < -0.4 is 0 Å². The Kier molecular flexibility index (Phi) is 5.80. The average molecular weight is 291 g/mol. The van der Waals surface area contributed by atoms with Gasteiger partial charge in [0.25, 0.3) is 0 Å². The standard InChI is InChI=1S/C18H29NO2/c1-13-10-14(2)12-15(11-13)17(20)8-9-19(3)16-6-4-5-7-18(16)21/h10-12,16-18,20-21H,4-9H2,1-3H3. The van der Waals surface area contributed by atoms with Crippen LogP contribution >= 0.6 is 0 Å². The van der Waals surface area contributed by atoms with Gasteiger partial charge in [0.2, 0.25) is 0 Å². The topological polar surface area (TPSA) is 43.7 Å². The SMILES string of the molecule is Cc1cc(C)cc(C(O)CCN(C)C2CCCCC2O)c1. The Morgan fingerprint density at radius 1 is 1.14 bits per heavy atom. The molecular formula is C18H29NO2. The Morgan fingerprint density at radius 3 is 2.38 bits per heavy atom. The van der Waals surface area contributed by atoms with Crippen molar-refractivity contribution in [2.45, 2.75) is 64.2 Å². The van der Waals surface area contributed by atoms with Gasteiger partial charge in [0, 0.05) is 12.6 Å². The van der Waals surface area contributed by atoms with E-state index in [0.29, 0.717) is 6.42 Å². The highest BCUT2D eigenvalue weighted by Crippen LogP contribution is 2.24. The van der Waals surface area contributed by atoms with Gasteiger partial charge in [-0.1, -0.05) is 42.2 Å². The van der Waals surface area contributed by atoms with Gasteiger partial charge in [-0.3, -0.25) is 0 Å². The van der Waals surface area contributed by atoms with Crippen molar-refractivity contribution < 1.29 is 10.2 Å². The van der Waals surface area contributed by atoms with Crippen molar-refractivity contribution in [1.29, 1.82) is 0 Å². The molecular weight excluding hydrogens is 262 g/mol. The predicted octanol–water partition coefficient (Wildman–Crippen LogP) is 2.96. The summed E-state index contributed by atoms with van der Waals surface area (Å²) in [5.74, 6) is 0. The van der Waals surface area contributed by atoms with Crippen LogP contribution in [0.2, 0.25) is 0 Å². The first-order chi connectivity index (χ1) is 9.97. The molecule has 1 aliphatic carbocycles. The van der Waals surface area contributed by atoms with E-state index in [1.807, 2.05) is 0 Å². The second-order valence-electron chi connectivity index (χ2n) is 6.63. The Bertz CT molecular complexity index is 440. The molecule has 0 saturated heterocycles. The van der Waals surface area contributed by atoms with Crippen molar-refractivity contribution in [3.63, 3.8) is 0 Å². The first kappa shape index (κ1) is 16.5. The van der Waals surface area contributed by atoms with Gasteiger partial charge in [-0.2, -0.15) is 0 Å². The largest absolute Gasteiger partial charge is 0.391 e. The third-order valence-electron chi connectivity index (χ3n) is 4.64. The van der Waals surface area contributed by atoms with E-state index < -0.39 is 6.10 Å². The molecule has 0 radical (unpaired) electrons. The zero-order chi connectivity index (χ0) is 15.4. The van der Waals surface area contributed by atoms with Crippen LogP contribution in [0, 0.1) is 13.8 Å². The lowest BCUT2D eigenvalue weighted by Gasteiger charge is -2.35. The van der Waals surface area contributed by atoms with Crippen LogP contribution in [-0.2, 0) is 0 Å². The van der Waals surface area contributed by atoms with Gasteiger partial charge in [0.05, 0.1) is 12.2 Å². The number of aryl methyl sites for hydroxylation is 2. The molecule has 1 fully saturated rings. The number of aliphatic hydroxyl groups is 2. The van der Waals surface area contributed by atoms with Crippen molar-refractivity contribution >= 4 is 0 Å². The lowest BCUT2D eigenvalue weighted by Crippen LogP contribution is -2.43. The molecule has 0 aliphatic heterocycles. The fourth-order valence-corrected chi connectivity index (χ4v) is 3.47. The highest BCUT2D eigenvalue weighted by atomic mass is 16.3. The maximum Gasteiger partial charge on any atom is 0.0802 e. The zero-order valence-corrected chi connectivity index (χ0v) is 13.5. The molecule has 1 saturated carbocycles. The molecule has 3 nitrogen and oxygen atoms in total. The number of aliphatic hydroxyl groups excluding tert-OH is 2. The third kappa shape index (κ3) is 4.53. The Morgan fingerprint density at radius 2 is 1.76 bits per heavy atom. The van der Waals surface area contributed by atoms with Crippen molar-refractivity contribution in [2.75, 3.05) is 13.6 Å². The number of rotatable bonds is 5. The molecule has 0 aromatic heterocycles. The van der Waals surface area contributed by atoms with Gasteiger partial charge in [-0.05, 0) is 45.7 Å². The van der Waals surface area contributed by atoms with Gasteiger partial charge in [0.15, 0.2) is 0 Å². The number of hydrogen-bond donors (Lipinski definition) is 2. The maximum absolute atomic E-state index is 10.4. The van der Waals surface area contributed by atoms with E-state index in [0.717, 1.165) is 31.4 Å². The van der Waals surface area contributed by atoms with Crippen molar-refractivity contribution in [2.24, 2.45) is 0 Å². The van der Waals surface area contributed by atoms with Gasteiger partial charge < -0.3 is 15.1 Å². The van der Waals surface area contributed by atoms with Gasteiger partial charge >= 0.3 is 0 Å². The van der Waals surface area contributed by atoms with Crippen molar-refractivity contribution in [3.8, 4) is 0 Å². The molecule has 0 heterocycles. The molecule has 2 N–H and O–H groups in total. The van der Waals surface area contributed by atoms with Crippen molar-refractivity contribution in [1.82, 2.24) is 4.90 Å². The second-order valence-corrected chi connectivity index (χ2v) is 6.63. The van der Waals surface area contributed by atoms with E-state index >= 15 is 0 Å².